The zero-order valence-electron chi connectivity index (χ0n) is 12.6. The molecule has 6 heteroatoms. The van der Waals surface area contributed by atoms with Gasteiger partial charge in [-0.2, -0.15) is 0 Å². The zero-order valence-corrected chi connectivity index (χ0v) is 14.2. The van der Waals surface area contributed by atoms with Gasteiger partial charge in [0.05, 0.1) is 7.11 Å². The van der Waals surface area contributed by atoms with Crippen LogP contribution in [0.4, 0.5) is 4.39 Å². The number of nitrogens with zero attached hydrogens (tertiary/aromatic N) is 1. The van der Waals surface area contributed by atoms with Crippen LogP contribution in [0.5, 0.6) is 5.75 Å². The Morgan fingerprint density at radius 1 is 1.29 bits per heavy atom. The summed E-state index contributed by atoms with van der Waals surface area (Å²) >= 11 is 0. The van der Waals surface area contributed by atoms with Gasteiger partial charge in [0.25, 0.3) is 0 Å². The van der Waals surface area contributed by atoms with Crippen LogP contribution in [0, 0.1) is 5.82 Å². The number of nitrogens with one attached hydrogen (secondary N) is 1. The van der Waals surface area contributed by atoms with E-state index in [1.807, 2.05) is 12.1 Å². The highest BCUT2D eigenvalue weighted by Crippen LogP contribution is 2.30. The summed E-state index contributed by atoms with van der Waals surface area (Å²) in [6.07, 6.45) is 2.04. The summed E-state index contributed by atoms with van der Waals surface area (Å²) in [4.78, 5) is 2.38. The molecule has 1 N–H and O–H groups in total. The lowest BCUT2D eigenvalue weighted by molar-refractivity contribution is 0.161. The Morgan fingerprint density at radius 2 is 1.95 bits per heavy atom. The molecule has 0 aromatic heterocycles. The van der Waals surface area contributed by atoms with Crippen molar-refractivity contribution in [3.05, 3.63) is 29.6 Å². The van der Waals surface area contributed by atoms with Crippen molar-refractivity contribution in [3.8, 4) is 5.75 Å². The van der Waals surface area contributed by atoms with Gasteiger partial charge in [-0.25, -0.2) is 4.39 Å². The molecule has 122 valence electrons. The highest BCUT2D eigenvalue weighted by Gasteiger charge is 2.23. The molecule has 0 saturated carbocycles. The number of ether oxygens (including phenoxy) is 1. The van der Waals surface area contributed by atoms with Gasteiger partial charge in [0.15, 0.2) is 0 Å². The summed E-state index contributed by atoms with van der Waals surface area (Å²) < 4.78 is 19.3. The number of methoxy groups -OCH3 is 1. The first kappa shape index (κ1) is 20.5. The van der Waals surface area contributed by atoms with E-state index < -0.39 is 0 Å². The first-order chi connectivity index (χ1) is 9.26. The van der Waals surface area contributed by atoms with Crippen molar-refractivity contribution in [1.82, 2.24) is 10.2 Å². The fraction of sp³-hybridized carbons (Fsp3) is 0.600. The average molecular weight is 339 g/mol. The molecule has 1 atom stereocenters. The summed E-state index contributed by atoms with van der Waals surface area (Å²) in [6.45, 7) is 6.08. The second-order valence-corrected chi connectivity index (χ2v) is 4.98. The Bertz CT molecular complexity index is 415. The van der Waals surface area contributed by atoms with Gasteiger partial charge in [0.1, 0.15) is 11.6 Å². The maximum Gasteiger partial charge on any atom is 0.131 e. The molecule has 1 heterocycles. The van der Waals surface area contributed by atoms with Gasteiger partial charge >= 0.3 is 0 Å². The van der Waals surface area contributed by atoms with Crippen LogP contribution in [0.3, 0.4) is 0 Å². The molecule has 0 spiro atoms. The minimum atomic E-state index is -0.156. The van der Waals surface area contributed by atoms with Crippen molar-refractivity contribution in [1.29, 1.82) is 0 Å². The molecule has 1 aliphatic rings. The van der Waals surface area contributed by atoms with Gasteiger partial charge in [-0.05, 0) is 12.5 Å². The van der Waals surface area contributed by atoms with Gasteiger partial charge in [0, 0.05) is 43.9 Å². The smallest absolute Gasteiger partial charge is 0.131 e. The van der Waals surface area contributed by atoms with Gasteiger partial charge < -0.3 is 10.1 Å². The highest BCUT2D eigenvalue weighted by molar-refractivity contribution is 5.85. The van der Waals surface area contributed by atoms with Crippen molar-refractivity contribution in [2.45, 2.75) is 25.8 Å². The molecule has 0 bridgehead atoms. The van der Waals surface area contributed by atoms with Gasteiger partial charge in [0.2, 0.25) is 0 Å². The van der Waals surface area contributed by atoms with E-state index in [2.05, 4.69) is 17.1 Å². The molecule has 2 rings (SSSR count). The molecule has 0 amide bonds. The van der Waals surface area contributed by atoms with Gasteiger partial charge in [-0.15, -0.1) is 24.8 Å². The molecule has 1 aromatic carbocycles. The molecular formula is C15H25Cl2FN2O. The van der Waals surface area contributed by atoms with Crippen molar-refractivity contribution in [2.75, 3.05) is 33.3 Å². The monoisotopic (exact) mass is 338 g/mol. The Kier molecular flexibility index (Phi) is 9.95. The summed E-state index contributed by atoms with van der Waals surface area (Å²) in [6, 6.07) is 5.39. The van der Waals surface area contributed by atoms with E-state index in [1.54, 1.807) is 7.11 Å². The number of hydrogen-bond acceptors (Lipinski definition) is 3. The SMILES string of the molecule is CCC[C@@H](c1ccc(OC)cc1F)N1CCNCC1.Cl.Cl. The van der Waals surface area contributed by atoms with Crippen molar-refractivity contribution >= 4 is 24.8 Å². The number of hydrogen-bond donors (Lipinski definition) is 1. The number of rotatable bonds is 5. The van der Waals surface area contributed by atoms with E-state index in [1.165, 1.54) is 6.07 Å². The minimum absolute atomic E-state index is 0. The topological polar surface area (TPSA) is 24.5 Å². The van der Waals surface area contributed by atoms with Crippen LogP contribution < -0.4 is 10.1 Å². The van der Waals surface area contributed by atoms with E-state index in [9.17, 15) is 4.39 Å². The predicted molar refractivity (Wildman–Crippen MR) is 89.5 cm³/mol. The largest absolute Gasteiger partial charge is 0.497 e. The minimum Gasteiger partial charge on any atom is -0.497 e. The van der Waals surface area contributed by atoms with E-state index in [0.29, 0.717) is 5.75 Å². The molecule has 0 radical (unpaired) electrons. The van der Waals surface area contributed by atoms with Crippen LogP contribution in [0.1, 0.15) is 31.4 Å². The van der Waals surface area contributed by atoms with Crippen LogP contribution in [-0.4, -0.2) is 38.2 Å². The molecular weight excluding hydrogens is 314 g/mol. The maximum absolute atomic E-state index is 14.2. The second kappa shape index (κ2) is 10.2. The number of halogens is 3. The summed E-state index contributed by atoms with van der Waals surface area (Å²) in [5.74, 6) is 0.424. The quantitative estimate of drug-likeness (QED) is 0.890. The van der Waals surface area contributed by atoms with Crippen molar-refractivity contribution < 1.29 is 9.13 Å². The molecule has 21 heavy (non-hydrogen) atoms. The third kappa shape index (κ3) is 5.29. The predicted octanol–water partition coefficient (Wildman–Crippen LogP) is 3.42. The number of piperazine rings is 1. The van der Waals surface area contributed by atoms with Crippen LogP contribution in [0.25, 0.3) is 0 Å². The van der Waals surface area contributed by atoms with Crippen LogP contribution in [-0.2, 0) is 0 Å². The highest BCUT2D eigenvalue weighted by atomic mass is 35.5. The van der Waals surface area contributed by atoms with Crippen molar-refractivity contribution in [3.63, 3.8) is 0 Å². The van der Waals surface area contributed by atoms with Gasteiger partial charge in [-0.3, -0.25) is 4.90 Å². The third-order valence-electron chi connectivity index (χ3n) is 3.72. The Morgan fingerprint density at radius 3 is 2.48 bits per heavy atom. The molecule has 0 unspecified atom stereocenters. The standard InChI is InChI=1S/C15H23FN2O.2ClH/c1-3-4-15(18-9-7-17-8-10-18)13-6-5-12(19-2)11-14(13)16;;/h5-6,11,15,17H,3-4,7-10H2,1-2H3;2*1H/t15-;;/m0../s1. The molecule has 1 aromatic rings. The van der Waals surface area contributed by atoms with E-state index in [4.69, 9.17) is 4.74 Å². The third-order valence-corrected chi connectivity index (χ3v) is 3.72. The second-order valence-electron chi connectivity index (χ2n) is 4.98. The fourth-order valence-electron chi connectivity index (χ4n) is 2.71. The van der Waals surface area contributed by atoms with Gasteiger partial charge in [-0.1, -0.05) is 19.4 Å². The lowest BCUT2D eigenvalue weighted by atomic mass is 9.99. The lowest BCUT2D eigenvalue weighted by Crippen LogP contribution is -2.45. The van der Waals surface area contributed by atoms with Crippen LogP contribution >= 0.6 is 24.8 Å². The molecule has 3 nitrogen and oxygen atoms in total. The Hall–Kier alpha value is -0.550. The number of benzene rings is 1. The first-order valence-electron chi connectivity index (χ1n) is 7.04. The first-order valence-corrected chi connectivity index (χ1v) is 7.04. The summed E-state index contributed by atoms with van der Waals surface area (Å²) in [5.41, 5.74) is 0.796. The Labute approximate surface area is 139 Å². The van der Waals surface area contributed by atoms with E-state index in [0.717, 1.165) is 44.6 Å². The summed E-state index contributed by atoms with van der Waals surface area (Å²) in [5, 5.41) is 3.34. The molecule has 1 saturated heterocycles. The van der Waals surface area contributed by atoms with Crippen LogP contribution in [0.15, 0.2) is 18.2 Å². The fourth-order valence-corrected chi connectivity index (χ4v) is 2.71. The Balaban J connectivity index is 0.00000200. The van der Waals surface area contributed by atoms with E-state index in [-0.39, 0.29) is 36.7 Å². The van der Waals surface area contributed by atoms with Crippen LogP contribution in [0.2, 0.25) is 0 Å². The van der Waals surface area contributed by atoms with E-state index >= 15 is 0 Å². The lowest BCUT2D eigenvalue weighted by Gasteiger charge is -2.35. The average Bonchev–Trinajstić information content (AvgIpc) is 2.46. The van der Waals surface area contributed by atoms with Crippen molar-refractivity contribution in [2.24, 2.45) is 0 Å². The molecule has 1 fully saturated rings. The summed E-state index contributed by atoms with van der Waals surface area (Å²) in [7, 11) is 1.56. The molecule has 1 aliphatic heterocycles. The maximum atomic E-state index is 14.2. The normalized spacial score (nSPS) is 16.5. The zero-order chi connectivity index (χ0) is 13.7. The molecule has 0 aliphatic carbocycles.